The molecule has 52 valence electrons. The molecular weight excluding hydrogens is 148 g/mol. The molecule has 0 aliphatic heterocycles. The van der Waals surface area contributed by atoms with E-state index < -0.39 is 9.84 Å². The van der Waals surface area contributed by atoms with Gasteiger partial charge in [0.15, 0.2) is 9.84 Å². The summed E-state index contributed by atoms with van der Waals surface area (Å²) in [5.41, 5.74) is 0. The molecule has 0 fully saturated rings. The van der Waals surface area contributed by atoms with Gasteiger partial charge in [0, 0.05) is 6.26 Å². The first-order valence-corrected chi connectivity index (χ1v) is 4.57. The van der Waals surface area contributed by atoms with Gasteiger partial charge < -0.3 is 0 Å². The zero-order valence-electron chi connectivity index (χ0n) is 5.46. The van der Waals surface area contributed by atoms with Crippen molar-refractivity contribution in [2.75, 3.05) is 6.26 Å². The Kier molecular flexibility index (Phi) is 1.76. The molecule has 0 unspecified atom stereocenters. The van der Waals surface area contributed by atoms with E-state index in [4.69, 9.17) is 0 Å². The predicted molar refractivity (Wildman–Crippen MR) is 37.2 cm³/mol. The molecule has 0 aliphatic rings. The lowest BCUT2D eigenvalue weighted by molar-refractivity contribution is 0.602. The van der Waals surface area contributed by atoms with Gasteiger partial charge in [-0.2, -0.15) is 0 Å². The first-order chi connectivity index (χ1) is 4.61. The second-order valence-electron chi connectivity index (χ2n) is 1.94. The molecule has 0 aliphatic carbocycles. The fourth-order valence-electron chi connectivity index (χ4n) is 0.551. The van der Waals surface area contributed by atoms with E-state index in [9.17, 15) is 8.42 Å². The highest BCUT2D eigenvalue weighted by atomic mass is 32.2. The molecule has 0 spiro atoms. The molecule has 0 bridgehead atoms. The van der Waals surface area contributed by atoms with Crippen LogP contribution in [0.5, 0.6) is 0 Å². The second-order valence-corrected chi connectivity index (χ2v) is 3.96. The van der Waals surface area contributed by atoms with Crippen molar-refractivity contribution >= 4 is 9.84 Å². The molecule has 0 amide bonds. The number of benzene rings is 1. The van der Waals surface area contributed by atoms with Crippen LogP contribution >= 0.6 is 0 Å². The maximum absolute atomic E-state index is 10.8. The summed E-state index contributed by atoms with van der Waals surface area (Å²) >= 11 is 0. The van der Waals surface area contributed by atoms with Crippen molar-refractivity contribution < 1.29 is 8.42 Å². The summed E-state index contributed by atoms with van der Waals surface area (Å²) in [4.78, 5) is 0.259. The summed E-state index contributed by atoms with van der Waals surface area (Å²) < 4.78 is 21.6. The monoisotopic (exact) mass is 154 g/mol. The van der Waals surface area contributed by atoms with Gasteiger partial charge in [0.25, 0.3) is 0 Å². The molecule has 1 aromatic rings. The lowest BCUT2D eigenvalue weighted by Gasteiger charge is -1.92. The third-order valence-corrected chi connectivity index (χ3v) is 2.14. The molecule has 0 saturated carbocycles. The zero-order valence-corrected chi connectivity index (χ0v) is 6.27. The van der Waals surface area contributed by atoms with Crippen molar-refractivity contribution in [1.29, 1.82) is 0 Å². The molecule has 1 rings (SSSR count). The van der Waals surface area contributed by atoms with Crippen molar-refractivity contribution in [3.63, 3.8) is 0 Å². The van der Waals surface area contributed by atoms with E-state index in [0.717, 1.165) is 6.26 Å². The average molecular weight is 154 g/mol. The first-order valence-electron chi connectivity index (χ1n) is 2.68. The summed E-state index contributed by atoms with van der Waals surface area (Å²) in [5, 5.41) is 0. The van der Waals surface area contributed by atoms with E-state index in [1.54, 1.807) is 0 Å². The van der Waals surface area contributed by atoms with Crippen LogP contribution in [-0.4, -0.2) is 14.7 Å². The Morgan fingerprint density at radius 3 is 2.10 bits per heavy atom. The number of hydrogen-bond acceptors (Lipinski definition) is 2. The van der Waals surface area contributed by atoms with Gasteiger partial charge >= 0.3 is 0 Å². The fourth-order valence-corrected chi connectivity index (χ4v) is 1.12. The van der Waals surface area contributed by atoms with Gasteiger partial charge in [-0.25, -0.2) is 8.42 Å². The minimum atomic E-state index is -3.07. The van der Waals surface area contributed by atoms with Crippen molar-refractivity contribution in [3.05, 3.63) is 30.3 Å². The fraction of sp³-hybridized carbons (Fsp3) is 0.143. The van der Waals surface area contributed by atoms with E-state index in [1.165, 1.54) is 18.2 Å². The number of hydrogen-bond donors (Lipinski definition) is 0. The van der Waals surface area contributed by atoms with E-state index in [1.807, 2.05) is 0 Å². The van der Waals surface area contributed by atoms with Crippen LogP contribution < -0.4 is 0 Å². The Morgan fingerprint density at radius 1 is 1.30 bits per heavy atom. The quantitative estimate of drug-likeness (QED) is 0.596. The standard InChI is InChI=1S/C7H6O2S/c1-10(8,9)7-5-3-2-4-6-7/h2,5-6H,1H3. The molecular formula is C7H6O2S. The summed E-state index contributed by atoms with van der Waals surface area (Å²) in [7, 11) is -3.07. The molecule has 2 nitrogen and oxygen atoms in total. The van der Waals surface area contributed by atoms with E-state index in [0.29, 0.717) is 0 Å². The number of sulfone groups is 1. The van der Waals surface area contributed by atoms with Crippen LogP contribution in [0.25, 0.3) is 0 Å². The molecule has 3 heteroatoms. The molecule has 0 heterocycles. The van der Waals surface area contributed by atoms with Gasteiger partial charge in [-0.05, 0) is 30.3 Å². The summed E-state index contributed by atoms with van der Waals surface area (Å²) in [6.07, 6.45) is 1.16. The third-order valence-electron chi connectivity index (χ3n) is 1.05. The van der Waals surface area contributed by atoms with Crippen molar-refractivity contribution in [2.45, 2.75) is 4.90 Å². The molecule has 0 N–H and O–H groups in total. The van der Waals surface area contributed by atoms with E-state index in [2.05, 4.69) is 12.1 Å². The SMILES string of the molecule is CS(=O)(=O)c1c[c]c[c]c1. The van der Waals surface area contributed by atoms with Crippen LogP contribution in [0.2, 0.25) is 0 Å². The third kappa shape index (κ3) is 1.57. The maximum atomic E-state index is 10.8. The summed E-state index contributed by atoms with van der Waals surface area (Å²) in [6.45, 7) is 0. The normalized spacial score (nSPS) is 11.3. The molecule has 2 radical (unpaired) electrons. The van der Waals surface area contributed by atoms with E-state index in [-0.39, 0.29) is 4.90 Å². The van der Waals surface area contributed by atoms with Crippen LogP contribution in [0.3, 0.4) is 0 Å². The van der Waals surface area contributed by atoms with Crippen molar-refractivity contribution in [2.24, 2.45) is 0 Å². The van der Waals surface area contributed by atoms with Gasteiger partial charge in [-0.15, -0.1) is 0 Å². The highest BCUT2D eigenvalue weighted by Gasteiger charge is 2.03. The smallest absolute Gasteiger partial charge is 0.175 e. The first kappa shape index (κ1) is 7.28. The lowest BCUT2D eigenvalue weighted by Crippen LogP contribution is -1.95. The predicted octanol–water partition coefficient (Wildman–Crippen LogP) is 0.690. The van der Waals surface area contributed by atoms with Gasteiger partial charge in [0.2, 0.25) is 0 Å². The van der Waals surface area contributed by atoms with Gasteiger partial charge in [-0.1, -0.05) is 0 Å². The minimum Gasteiger partial charge on any atom is -0.224 e. The van der Waals surface area contributed by atoms with Crippen LogP contribution in [0.15, 0.2) is 23.1 Å². The molecule has 0 aromatic heterocycles. The Bertz CT molecular complexity index is 300. The van der Waals surface area contributed by atoms with Crippen LogP contribution in [0.1, 0.15) is 0 Å². The Balaban J connectivity index is 3.22. The lowest BCUT2D eigenvalue weighted by atomic mass is 10.4. The summed E-state index contributed by atoms with van der Waals surface area (Å²) in [5.74, 6) is 0. The van der Waals surface area contributed by atoms with Crippen LogP contribution in [0, 0.1) is 12.1 Å². The maximum Gasteiger partial charge on any atom is 0.175 e. The Morgan fingerprint density at radius 2 is 1.80 bits per heavy atom. The molecule has 0 atom stereocenters. The highest BCUT2D eigenvalue weighted by molar-refractivity contribution is 7.90. The van der Waals surface area contributed by atoms with Gasteiger partial charge in [-0.3, -0.25) is 0 Å². The number of rotatable bonds is 1. The van der Waals surface area contributed by atoms with E-state index >= 15 is 0 Å². The molecule has 0 saturated heterocycles. The second kappa shape index (κ2) is 2.42. The minimum absolute atomic E-state index is 0.259. The Labute approximate surface area is 60.4 Å². The van der Waals surface area contributed by atoms with Crippen molar-refractivity contribution in [3.8, 4) is 0 Å². The van der Waals surface area contributed by atoms with Crippen molar-refractivity contribution in [1.82, 2.24) is 0 Å². The largest absolute Gasteiger partial charge is 0.224 e. The van der Waals surface area contributed by atoms with Gasteiger partial charge in [0.1, 0.15) is 0 Å². The molecule has 1 aromatic carbocycles. The van der Waals surface area contributed by atoms with Crippen LogP contribution in [-0.2, 0) is 9.84 Å². The topological polar surface area (TPSA) is 34.1 Å². The molecule has 10 heavy (non-hydrogen) atoms. The van der Waals surface area contributed by atoms with Crippen LogP contribution in [0.4, 0.5) is 0 Å². The average Bonchev–Trinajstić information content (AvgIpc) is 1.88. The van der Waals surface area contributed by atoms with Gasteiger partial charge in [0.05, 0.1) is 4.90 Å². The zero-order chi connectivity index (χ0) is 7.61. The highest BCUT2D eigenvalue weighted by Crippen LogP contribution is 2.04. The summed E-state index contributed by atoms with van der Waals surface area (Å²) in [6, 6.07) is 9.65. The Hall–Kier alpha value is -0.830.